The number of pyridine rings is 1. The number of ether oxygens (including phenoxy) is 1. The second-order valence-corrected chi connectivity index (χ2v) is 5.78. The molecule has 21 heavy (non-hydrogen) atoms. The van der Waals surface area contributed by atoms with E-state index in [4.69, 9.17) is 4.74 Å². The van der Waals surface area contributed by atoms with Gasteiger partial charge in [-0.3, -0.25) is 4.79 Å². The molecule has 0 saturated carbocycles. The fourth-order valence-corrected chi connectivity index (χ4v) is 2.75. The number of thiazole rings is 1. The molecule has 6 nitrogen and oxygen atoms in total. The highest BCUT2D eigenvalue weighted by atomic mass is 32.1. The van der Waals surface area contributed by atoms with Gasteiger partial charge in [-0.1, -0.05) is 11.3 Å². The molecule has 0 bridgehead atoms. The molecule has 2 aromatic heterocycles. The number of nitrogens with zero attached hydrogens (tertiary/aromatic N) is 3. The zero-order chi connectivity index (χ0) is 15.4. The maximum Gasteiger partial charge on any atom is 0.250 e. The molecule has 0 atom stereocenters. The summed E-state index contributed by atoms with van der Waals surface area (Å²) in [6.45, 7) is 3.21. The van der Waals surface area contributed by atoms with Crippen molar-refractivity contribution in [1.29, 1.82) is 0 Å². The molecule has 0 saturated heterocycles. The maximum atomic E-state index is 11.6. The van der Waals surface area contributed by atoms with Crippen LogP contribution in [0.15, 0.2) is 23.1 Å². The minimum Gasteiger partial charge on any atom is -0.480 e. The molecule has 0 aliphatic heterocycles. The molecule has 0 aromatic carbocycles. The van der Waals surface area contributed by atoms with E-state index in [1.54, 1.807) is 35.1 Å². The van der Waals surface area contributed by atoms with Gasteiger partial charge in [0.2, 0.25) is 5.88 Å². The van der Waals surface area contributed by atoms with Crippen LogP contribution in [-0.4, -0.2) is 30.8 Å². The molecule has 1 N–H and O–H groups in total. The standard InChI is InChI=1S/C14H20N4O2S/c1-5-18-9-10(6-7-12(18)19)15-8-11-13(20-4)16-14(21-11)17(2)3/h6-7,9,15H,5,8H2,1-4H3. The Kier molecular flexibility index (Phi) is 4.85. The summed E-state index contributed by atoms with van der Waals surface area (Å²) in [6.07, 6.45) is 1.82. The topological polar surface area (TPSA) is 59.4 Å². The SMILES string of the molecule is CCn1cc(NCc2sc(N(C)C)nc2OC)ccc1=O. The number of aromatic nitrogens is 2. The zero-order valence-electron chi connectivity index (χ0n) is 12.7. The van der Waals surface area contributed by atoms with Crippen LogP contribution in [0, 0.1) is 0 Å². The van der Waals surface area contributed by atoms with Gasteiger partial charge >= 0.3 is 0 Å². The largest absolute Gasteiger partial charge is 0.480 e. The second-order valence-electron chi connectivity index (χ2n) is 4.72. The van der Waals surface area contributed by atoms with E-state index in [1.807, 2.05) is 32.1 Å². The Morgan fingerprint density at radius 2 is 2.19 bits per heavy atom. The number of nitrogens with one attached hydrogen (secondary N) is 1. The van der Waals surface area contributed by atoms with Gasteiger partial charge in [-0.15, -0.1) is 0 Å². The average Bonchev–Trinajstić information content (AvgIpc) is 2.90. The molecule has 2 aromatic rings. The molecule has 0 aliphatic carbocycles. The first-order valence-corrected chi connectivity index (χ1v) is 7.52. The van der Waals surface area contributed by atoms with Gasteiger partial charge < -0.3 is 19.5 Å². The number of rotatable bonds is 6. The van der Waals surface area contributed by atoms with E-state index < -0.39 is 0 Å². The summed E-state index contributed by atoms with van der Waals surface area (Å²) in [5.41, 5.74) is 0.909. The van der Waals surface area contributed by atoms with Gasteiger partial charge in [-0.2, -0.15) is 4.98 Å². The highest BCUT2D eigenvalue weighted by molar-refractivity contribution is 7.15. The minimum absolute atomic E-state index is 0.00770. The van der Waals surface area contributed by atoms with Crippen LogP contribution in [0.4, 0.5) is 10.8 Å². The molecular weight excluding hydrogens is 288 g/mol. The van der Waals surface area contributed by atoms with Crippen LogP contribution in [0.2, 0.25) is 0 Å². The Hall–Kier alpha value is -2.02. The van der Waals surface area contributed by atoms with Crippen LogP contribution in [0.25, 0.3) is 0 Å². The van der Waals surface area contributed by atoms with E-state index in [1.165, 1.54) is 0 Å². The Bertz CT molecular complexity index is 663. The number of anilines is 2. The first kappa shape index (κ1) is 15.4. The lowest BCUT2D eigenvalue weighted by molar-refractivity contribution is 0.397. The van der Waals surface area contributed by atoms with Crippen LogP contribution >= 0.6 is 11.3 Å². The Balaban J connectivity index is 2.14. The molecule has 0 amide bonds. The van der Waals surface area contributed by atoms with Crippen molar-refractivity contribution in [2.24, 2.45) is 0 Å². The molecule has 0 unspecified atom stereocenters. The van der Waals surface area contributed by atoms with Crippen LogP contribution < -0.4 is 20.5 Å². The predicted molar refractivity (Wildman–Crippen MR) is 86.7 cm³/mol. The normalized spacial score (nSPS) is 10.5. The van der Waals surface area contributed by atoms with Crippen molar-refractivity contribution < 1.29 is 4.74 Å². The van der Waals surface area contributed by atoms with E-state index in [0.717, 1.165) is 15.7 Å². The van der Waals surface area contributed by atoms with Gasteiger partial charge in [0.15, 0.2) is 5.13 Å². The van der Waals surface area contributed by atoms with Gasteiger partial charge in [-0.05, 0) is 13.0 Å². The number of hydrogen-bond acceptors (Lipinski definition) is 6. The summed E-state index contributed by atoms with van der Waals surface area (Å²) in [4.78, 5) is 18.9. The predicted octanol–water partition coefficient (Wildman–Crippen LogP) is 2.01. The molecule has 114 valence electrons. The smallest absolute Gasteiger partial charge is 0.250 e. The van der Waals surface area contributed by atoms with Gasteiger partial charge in [0.25, 0.3) is 5.56 Å². The van der Waals surface area contributed by atoms with E-state index in [-0.39, 0.29) is 5.56 Å². The van der Waals surface area contributed by atoms with E-state index >= 15 is 0 Å². The molecule has 0 spiro atoms. The van der Waals surface area contributed by atoms with Crippen molar-refractivity contribution >= 4 is 22.2 Å². The fourth-order valence-electron chi connectivity index (χ4n) is 1.85. The molecular formula is C14H20N4O2S. The Morgan fingerprint density at radius 3 is 2.81 bits per heavy atom. The maximum absolute atomic E-state index is 11.6. The molecule has 0 aliphatic rings. The van der Waals surface area contributed by atoms with E-state index in [0.29, 0.717) is 19.0 Å². The van der Waals surface area contributed by atoms with Gasteiger partial charge in [0.1, 0.15) is 0 Å². The third kappa shape index (κ3) is 3.55. The first-order valence-electron chi connectivity index (χ1n) is 6.70. The summed E-state index contributed by atoms with van der Waals surface area (Å²) in [6, 6.07) is 3.36. The van der Waals surface area contributed by atoms with Crippen molar-refractivity contribution in [2.75, 3.05) is 31.4 Å². The average molecular weight is 308 g/mol. The molecule has 0 fully saturated rings. The number of aryl methyl sites for hydroxylation is 1. The summed E-state index contributed by atoms with van der Waals surface area (Å²) in [5.74, 6) is 0.639. The lowest BCUT2D eigenvalue weighted by atomic mass is 10.4. The Labute approximate surface area is 128 Å². The van der Waals surface area contributed by atoms with Crippen LogP contribution in [0.1, 0.15) is 11.8 Å². The van der Waals surface area contributed by atoms with Crippen LogP contribution in [0.5, 0.6) is 5.88 Å². The summed E-state index contributed by atoms with van der Waals surface area (Å²) < 4.78 is 6.97. The number of methoxy groups -OCH3 is 1. The summed E-state index contributed by atoms with van der Waals surface area (Å²) in [5, 5.41) is 4.21. The van der Waals surface area contributed by atoms with Crippen LogP contribution in [0.3, 0.4) is 0 Å². The third-order valence-electron chi connectivity index (χ3n) is 3.00. The minimum atomic E-state index is 0.00770. The van der Waals surface area contributed by atoms with Gasteiger partial charge in [0, 0.05) is 32.9 Å². The lowest BCUT2D eigenvalue weighted by Crippen LogP contribution is -2.17. The lowest BCUT2D eigenvalue weighted by Gasteiger charge is -2.08. The van der Waals surface area contributed by atoms with Crippen molar-refractivity contribution in [2.45, 2.75) is 20.0 Å². The van der Waals surface area contributed by atoms with Crippen LogP contribution in [-0.2, 0) is 13.1 Å². The summed E-state index contributed by atoms with van der Waals surface area (Å²) in [7, 11) is 5.52. The quantitative estimate of drug-likeness (QED) is 0.884. The summed E-state index contributed by atoms with van der Waals surface area (Å²) >= 11 is 1.58. The van der Waals surface area contributed by atoms with Crippen molar-refractivity contribution in [3.8, 4) is 5.88 Å². The zero-order valence-corrected chi connectivity index (χ0v) is 13.5. The fraction of sp³-hybridized carbons (Fsp3) is 0.429. The molecule has 7 heteroatoms. The second kappa shape index (κ2) is 6.62. The molecule has 2 heterocycles. The van der Waals surface area contributed by atoms with Crippen molar-refractivity contribution in [1.82, 2.24) is 9.55 Å². The van der Waals surface area contributed by atoms with E-state index in [2.05, 4.69) is 10.3 Å². The third-order valence-corrected chi connectivity index (χ3v) is 4.21. The van der Waals surface area contributed by atoms with Gasteiger partial charge in [-0.25, -0.2) is 0 Å². The van der Waals surface area contributed by atoms with Crippen molar-refractivity contribution in [3.63, 3.8) is 0 Å². The molecule has 0 radical (unpaired) electrons. The highest BCUT2D eigenvalue weighted by Crippen LogP contribution is 2.30. The van der Waals surface area contributed by atoms with Crippen molar-refractivity contribution in [3.05, 3.63) is 33.6 Å². The number of hydrogen-bond donors (Lipinski definition) is 1. The first-order chi connectivity index (χ1) is 10.0. The van der Waals surface area contributed by atoms with Gasteiger partial charge in [0.05, 0.1) is 24.2 Å². The van der Waals surface area contributed by atoms with E-state index in [9.17, 15) is 4.79 Å². The Morgan fingerprint density at radius 1 is 1.43 bits per heavy atom. The molecule has 2 rings (SSSR count). The monoisotopic (exact) mass is 308 g/mol. The highest BCUT2D eigenvalue weighted by Gasteiger charge is 2.12.